The highest BCUT2D eigenvalue weighted by Gasteiger charge is 2.19. The van der Waals surface area contributed by atoms with Crippen molar-refractivity contribution < 1.29 is 0 Å². The van der Waals surface area contributed by atoms with Gasteiger partial charge in [-0.3, -0.25) is 5.84 Å². The van der Waals surface area contributed by atoms with Crippen LogP contribution in [0.4, 0.5) is 0 Å². The zero-order valence-corrected chi connectivity index (χ0v) is 13.3. The van der Waals surface area contributed by atoms with E-state index in [9.17, 15) is 0 Å². The number of rotatable bonds is 3. The molecule has 3 N–H and O–H groups in total. The molecule has 1 aromatic heterocycles. The van der Waals surface area contributed by atoms with Gasteiger partial charge in [0.05, 0.1) is 6.04 Å². The normalized spacial score (nSPS) is 12.7. The van der Waals surface area contributed by atoms with Crippen molar-refractivity contribution in [2.24, 2.45) is 5.84 Å². The number of thiophene rings is 1. The van der Waals surface area contributed by atoms with Gasteiger partial charge < -0.3 is 0 Å². The second kappa shape index (κ2) is 5.82. The fourth-order valence-electron chi connectivity index (χ4n) is 1.55. The molecule has 0 radical (unpaired) electrons. The smallest absolute Gasteiger partial charge is 0.0828 e. The second-order valence-electron chi connectivity index (χ2n) is 3.40. The molecule has 0 aliphatic rings. The highest BCUT2D eigenvalue weighted by atomic mass is 79.9. The molecule has 17 heavy (non-hydrogen) atoms. The van der Waals surface area contributed by atoms with E-state index < -0.39 is 0 Å². The van der Waals surface area contributed by atoms with Gasteiger partial charge in [-0.1, -0.05) is 33.6 Å². The Bertz CT molecular complexity index is 530. The van der Waals surface area contributed by atoms with E-state index in [4.69, 9.17) is 17.4 Å². The summed E-state index contributed by atoms with van der Waals surface area (Å²) in [4.78, 5) is 1.11. The molecule has 0 aliphatic heterocycles. The minimum absolute atomic E-state index is 0.107. The quantitative estimate of drug-likeness (QED) is 0.593. The van der Waals surface area contributed by atoms with Crippen LogP contribution in [0, 0.1) is 0 Å². The first-order valence-electron chi connectivity index (χ1n) is 4.77. The molecular weight excluding hydrogens is 387 g/mol. The molecule has 0 bridgehead atoms. The lowest BCUT2D eigenvalue weighted by atomic mass is 10.1. The van der Waals surface area contributed by atoms with Crippen molar-refractivity contribution in [2.75, 3.05) is 0 Å². The third kappa shape index (κ3) is 2.92. The van der Waals surface area contributed by atoms with Gasteiger partial charge in [0.25, 0.3) is 0 Å². The van der Waals surface area contributed by atoms with Crippen molar-refractivity contribution in [3.8, 4) is 0 Å². The van der Waals surface area contributed by atoms with Crippen molar-refractivity contribution >= 4 is 54.8 Å². The van der Waals surface area contributed by atoms with E-state index in [1.54, 1.807) is 11.3 Å². The topological polar surface area (TPSA) is 38.0 Å². The summed E-state index contributed by atoms with van der Waals surface area (Å²) in [6, 6.07) is 7.67. The first-order chi connectivity index (χ1) is 8.13. The van der Waals surface area contributed by atoms with Crippen LogP contribution in [0.5, 0.6) is 0 Å². The van der Waals surface area contributed by atoms with Gasteiger partial charge in [0.15, 0.2) is 0 Å². The Morgan fingerprint density at radius 3 is 2.59 bits per heavy atom. The van der Waals surface area contributed by atoms with Crippen LogP contribution in [0.3, 0.4) is 0 Å². The lowest BCUT2D eigenvalue weighted by Crippen LogP contribution is -2.28. The number of hydrogen-bond acceptors (Lipinski definition) is 3. The molecule has 1 unspecified atom stereocenters. The number of hydrogen-bond donors (Lipinski definition) is 2. The second-order valence-corrected chi connectivity index (χ2v) is 6.52. The van der Waals surface area contributed by atoms with Crippen molar-refractivity contribution in [3.63, 3.8) is 0 Å². The van der Waals surface area contributed by atoms with Crippen molar-refractivity contribution in [3.05, 3.63) is 54.1 Å². The number of nitrogens with two attached hydrogens (primary N) is 1. The van der Waals surface area contributed by atoms with Gasteiger partial charge in [-0.2, -0.15) is 0 Å². The van der Waals surface area contributed by atoms with Crippen LogP contribution in [-0.2, 0) is 0 Å². The summed E-state index contributed by atoms with van der Waals surface area (Å²) >= 11 is 14.8. The summed E-state index contributed by atoms with van der Waals surface area (Å²) in [6.45, 7) is 0. The molecule has 6 heteroatoms. The monoisotopic (exact) mass is 394 g/mol. The van der Waals surface area contributed by atoms with Crippen LogP contribution in [0.2, 0.25) is 5.02 Å². The molecule has 2 nitrogen and oxygen atoms in total. The molecule has 90 valence electrons. The summed E-state index contributed by atoms with van der Waals surface area (Å²) in [5.41, 5.74) is 3.76. The number of benzene rings is 1. The third-order valence-electron chi connectivity index (χ3n) is 2.35. The minimum atomic E-state index is -0.107. The molecule has 0 saturated carbocycles. The Morgan fingerprint density at radius 1 is 1.29 bits per heavy atom. The Labute approximate surface area is 125 Å². The van der Waals surface area contributed by atoms with Gasteiger partial charge in [0.2, 0.25) is 0 Å². The SMILES string of the molecule is NNC(c1ccc(Br)cc1Cl)c1sccc1Br. The molecule has 1 atom stereocenters. The molecule has 2 rings (SSSR count). The first kappa shape index (κ1) is 13.5. The third-order valence-corrected chi connectivity index (χ3v) is 5.10. The van der Waals surface area contributed by atoms with E-state index in [1.165, 1.54) is 0 Å². The maximum absolute atomic E-state index is 6.24. The maximum atomic E-state index is 6.24. The highest BCUT2D eigenvalue weighted by molar-refractivity contribution is 9.10. The van der Waals surface area contributed by atoms with Crippen LogP contribution in [0.15, 0.2) is 38.6 Å². The molecule has 0 aliphatic carbocycles. The van der Waals surface area contributed by atoms with Crippen LogP contribution < -0.4 is 11.3 Å². The van der Waals surface area contributed by atoms with Gasteiger partial charge in [-0.25, -0.2) is 5.43 Å². The maximum Gasteiger partial charge on any atom is 0.0828 e. The minimum Gasteiger partial charge on any atom is -0.271 e. The fraction of sp³-hybridized carbons (Fsp3) is 0.0909. The van der Waals surface area contributed by atoms with E-state index in [0.717, 1.165) is 19.4 Å². The van der Waals surface area contributed by atoms with Gasteiger partial charge in [-0.05, 0) is 45.1 Å². The first-order valence-corrected chi connectivity index (χ1v) is 7.62. The Morgan fingerprint density at radius 2 is 2.06 bits per heavy atom. The van der Waals surface area contributed by atoms with E-state index in [1.807, 2.05) is 29.6 Å². The molecule has 1 aromatic carbocycles. The van der Waals surface area contributed by atoms with E-state index in [0.29, 0.717) is 5.02 Å². The van der Waals surface area contributed by atoms with Crippen LogP contribution in [0.1, 0.15) is 16.5 Å². The average Bonchev–Trinajstić information content (AvgIpc) is 2.69. The largest absolute Gasteiger partial charge is 0.271 e. The predicted molar refractivity (Wildman–Crippen MR) is 80.3 cm³/mol. The summed E-state index contributed by atoms with van der Waals surface area (Å²) < 4.78 is 1.98. The van der Waals surface area contributed by atoms with Crippen molar-refractivity contribution in [2.45, 2.75) is 6.04 Å². The Balaban J connectivity index is 2.46. The highest BCUT2D eigenvalue weighted by Crippen LogP contribution is 2.36. The zero-order chi connectivity index (χ0) is 12.4. The van der Waals surface area contributed by atoms with Gasteiger partial charge in [0, 0.05) is 18.8 Å². The number of hydrazine groups is 1. The van der Waals surface area contributed by atoms with E-state index in [-0.39, 0.29) is 6.04 Å². The lowest BCUT2D eigenvalue weighted by molar-refractivity contribution is 0.645. The average molecular weight is 397 g/mol. The van der Waals surface area contributed by atoms with Crippen LogP contribution in [0.25, 0.3) is 0 Å². The van der Waals surface area contributed by atoms with Crippen LogP contribution >= 0.6 is 54.8 Å². The molecule has 1 heterocycles. The molecule has 0 spiro atoms. The van der Waals surface area contributed by atoms with Gasteiger partial charge >= 0.3 is 0 Å². The fourth-order valence-corrected chi connectivity index (χ4v) is 4.02. The van der Waals surface area contributed by atoms with Gasteiger partial charge in [-0.15, -0.1) is 11.3 Å². The van der Waals surface area contributed by atoms with Crippen molar-refractivity contribution in [1.82, 2.24) is 5.43 Å². The predicted octanol–water partition coefficient (Wildman–Crippen LogP) is 4.48. The molecule has 0 amide bonds. The zero-order valence-electron chi connectivity index (χ0n) is 8.58. The summed E-state index contributed by atoms with van der Waals surface area (Å²) in [5, 5.41) is 2.69. The van der Waals surface area contributed by atoms with Crippen LogP contribution in [-0.4, -0.2) is 0 Å². The Kier molecular flexibility index (Phi) is 4.63. The number of halogens is 3. The van der Waals surface area contributed by atoms with Crippen molar-refractivity contribution in [1.29, 1.82) is 0 Å². The van der Waals surface area contributed by atoms with E-state index in [2.05, 4.69) is 37.3 Å². The van der Waals surface area contributed by atoms with Gasteiger partial charge in [0.1, 0.15) is 0 Å². The molecule has 2 aromatic rings. The summed E-state index contributed by atoms with van der Waals surface area (Å²) in [7, 11) is 0. The number of nitrogens with one attached hydrogen (secondary N) is 1. The Hall–Kier alpha value is 0.0900. The van der Waals surface area contributed by atoms with E-state index >= 15 is 0 Å². The summed E-state index contributed by atoms with van der Waals surface area (Å²) in [5.74, 6) is 5.64. The molecule has 0 fully saturated rings. The molecule has 0 saturated heterocycles. The lowest BCUT2D eigenvalue weighted by Gasteiger charge is -2.17. The summed E-state index contributed by atoms with van der Waals surface area (Å²) in [6.07, 6.45) is 0. The standard InChI is InChI=1S/C11H9Br2ClN2S/c12-6-1-2-7(9(14)5-6)10(16-15)11-8(13)3-4-17-11/h1-5,10,16H,15H2. The molecular formula is C11H9Br2ClN2S.